The van der Waals surface area contributed by atoms with E-state index in [-0.39, 0.29) is 11.8 Å². The molecule has 1 fully saturated rings. The molecule has 0 atom stereocenters. The molecule has 0 aliphatic heterocycles. The van der Waals surface area contributed by atoms with Crippen molar-refractivity contribution in [2.24, 2.45) is 0 Å². The summed E-state index contributed by atoms with van der Waals surface area (Å²) < 4.78 is 41.2. The molecule has 0 saturated heterocycles. The molecule has 30 heavy (non-hydrogen) atoms. The fourth-order valence-corrected chi connectivity index (χ4v) is 4.18. The second-order valence-corrected chi connectivity index (χ2v) is 8.45. The average Bonchev–Trinajstić information content (AvgIpc) is 3.24. The Morgan fingerprint density at radius 2 is 1.63 bits per heavy atom. The van der Waals surface area contributed by atoms with Crippen molar-refractivity contribution >= 4 is 45.7 Å². The van der Waals surface area contributed by atoms with Gasteiger partial charge in [0.2, 0.25) is 5.95 Å². The van der Waals surface area contributed by atoms with Crippen molar-refractivity contribution in [3.05, 3.63) is 69.4 Å². The molecule has 0 radical (unpaired) electrons. The van der Waals surface area contributed by atoms with Crippen molar-refractivity contribution in [3.8, 4) is 0 Å². The van der Waals surface area contributed by atoms with Gasteiger partial charge in [-0.3, -0.25) is 0 Å². The SMILES string of the molecule is FC(F)(F)c1cnc(Nc2ccc(C3CCCC3)cc2)nc1Nc1ccccc1I. The molecule has 4 nitrogen and oxygen atoms in total. The Balaban J connectivity index is 1.58. The molecule has 0 amide bonds. The average molecular weight is 524 g/mol. The predicted molar refractivity (Wildman–Crippen MR) is 120 cm³/mol. The second kappa shape index (κ2) is 8.79. The van der Waals surface area contributed by atoms with Crippen LogP contribution >= 0.6 is 22.6 Å². The van der Waals surface area contributed by atoms with E-state index in [1.54, 1.807) is 12.1 Å². The predicted octanol–water partition coefficient (Wildman–Crippen LogP) is 7.24. The summed E-state index contributed by atoms with van der Waals surface area (Å²) in [6, 6.07) is 15.1. The Labute approximate surface area is 186 Å². The first-order valence-electron chi connectivity index (χ1n) is 9.73. The highest BCUT2D eigenvalue weighted by Crippen LogP contribution is 2.37. The van der Waals surface area contributed by atoms with E-state index in [9.17, 15) is 13.2 Å². The van der Waals surface area contributed by atoms with Crippen LogP contribution in [0.25, 0.3) is 0 Å². The van der Waals surface area contributed by atoms with Crippen LogP contribution in [0.1, 0.15) is 42.7 Å². The van der Waals surface area contributed by atoms with Gasteiger partial charge >= 0.3 is 6.18 Å². The van der Waals surface area contributed by atoms with E-state index < -0.39 is 11.7 Å². The molecule has 1 saturated carbocycles. The van der Waals surface area contributed by atoms with Crippen LogP contribution in [-0.4, -0.2) is 9.97 Å². The van der Waals surface area contributed by atoms with Crippen molar-refractivity contribution in [2.45, 2.75) is 37.8 Å². The number of nitrogens with zero attached hydrogens (tertiary/aromatic N) is 2. The van der Waals surface area contributed by atoms with Crippen molar-refractivity contribution in [2.75, 3.05) is 10.6 Å². The number of hydrogen-bond donors (Lipinski definition) is 2. The lowest BCUT2D eigenvalue weighted by Crippen LogP contribution is -2.13. The highest BCUT2D eigenvalue weighted by molar-refractivity contribution is 14.1. The zero-order valence-electron chi connectivity index (χ0n) is 16.0. The third-order valence-corrected chi connectivity index (χ3v) is 6.16. The molecular weight excluding hydrogens is 504 g/mol. The standard InChI is InChI=1S/C22H20F3IN4/c23-22(24,25)17-13-27-21(30-20(17)29-19-8-4-3-7-18(19)26)28-16-11-9-15(10-12-16)14-5-1-2-6-14/h3-4,7-14H,1-2,5-6H2,(H2,27,28,29,30). The van der Waals surface area contributed by atoms with E-state index >= 15 is 0 Å². The Morgan fingerprint density at radius 3 is 2.30 bits per heavy atom. The number of anilines is 4. The van der Waals surface area contributed by atoms with Crippen molar-refractivity contribution < 1.29 is 13.2 Å². The summed E-state index contributed by atoms with van der Waals surface area (Å²) in [5.41, 5.74) is 1.67. The van der Waals surface area contributed by atoms with Gasteiger partial charge in [-0.25, -0.2) is 4.98 Å². The Kier molecular flexibility index (Phi) is 6.12. The number of rotatable bonds is 5. The van der Waals surface area contributed by atoms with Gasteiger partial charge in [-0.15, -0.1) is 0 Å². The normalized spacial score (nSPS) is 14.7. The van der Waals surface area contributed by atoms with Crippen LogP contribution in [0.2, 0.25) is 0 Å². The maximum absolute atomic E-state index is 13.5. The minimum absolute atomic E-state index is 0.102. The smallest absolute Gasteiger partial charge is 0.339 e. The Hall–Kier alpha value is -2.36. The molecule has 156 valence electrons. The number of aromatic nitrogens is 2. The lowest BCUT2D eigenvalue weighted by molar-refractivity contribution is -0.137. The largest absolute Gasteiger partial charge is 0.421 e. The van der Waals surface area contributed by atoms with Gasteiger partial charge in [0, 0.05) is 15.5 Å². The van der Waals surface area contributed by atoms with Gasteiger partial charge in [0.05, 0.1) is 5.69 Å². The van der Waals surface area contributed by atoms with Gasteiger partial charge in [0.15, 0.2) is 0 Å². The molecule has 1 aliphatic carbocycles. The maximum atomic E-state index is 13.5. The molecule has 1 aliphatic rings. The number of para-hydroxylation sites is 1. The molecule has 3 aromatic rings. The first kappa shape index (κ1) is 20.9. The summed E-state index contributed by atoms with van der Waals surface area (Å²) in [6.45, 7) is 0. The van der Waals surface area contributed by atoms with Gasteiger partial charge in [0.25, 0.3) is 0 Å². The maximum Gasteiger partial charge on any atom is 0.421 e. The topological polar surface area (TPSA) is 49.8 Å². The lowest BCUT2D eigenvalue weighted by atomic mass is 9.98. The van der Waals surface area contributed by atoms with E-state index in [1.807, 2.05) is 24.3 Å². The summed E-state index contributed by atoms with van der Waals surface area (Å²) in [7, 11) is 0. The summed E-state index contributed by atoms with van der Waals surface area (Å²) in [4.78, 5) is 7.99. The third-order valence-electron chi connectivity index (χ3n) is 5.21. The second-order valence-electron chi connectivity index (χ2n) is 7.29. The molecule has 4 rings (SSSR count). The van der Waals surface area contributed by atoms with Crippen LogP contribution in [0.3, 0.4) is 0 Å². The summed E-state index contributed by atoms with van der Waals surface area (Å²) in [5.74, 6) is 0.419. The molecule has 1 aromatic heterocycles. The highest BCUT2D eigenvalue weighted by Gasteiger charge is 2.35. The van der Waals surface area contributed by atoms with E-state index in [4.69, 9.17) is 0 Å². The van der Waals surface area contributed by atoms with Crippen LogP contribution in [0.5, 0.6) is 0 Å². The zero-order valence-corrected chi connectivity index (χ0v) is 18.2. The number of halogens is 4. The van der Waals surface area contributed by atoms with Gasteiger partial charge in [0.1, 0.15) is 11.4 Å². The van der Waals surface area contributed by atoms with Crippen LogP contribution in [0.4, 0.5) is 36.3 Å². The fraction of sp³-hybridized carbons (Fsp3) is 0.273. The molecule has 0 bridgehead atoms. The van der Waals surface area contributed by atoms with E-state index in [0.29, 0.717) is 11.6 Å². The van der Waals surface area contributed by atoms with Gasteiger partial charge in [-0.2, -0.15) is 18.2 Å². The molecule has 8 heteroatoms. The van der Waals surface area contributed by atoms with E-state index in [2.05, 4.69) is 55.3 Å². The Bertz CT molecular complexity index is 1020. The quantitative estimate of drug-likeness (QED) is 0.346. The number of hydrogen-bond acceptors (Lipinski definition) is 4. The van der Waals surface area contributed by atoms with E-state index in [1.165, 1.54) is 31.2 Å². The Morgan fingerprint density at radius 1 is 0.933 bits per heavy atom. The van der Waals surface area contributed by atoms with Gasteiger partial charge < -0.3 is 10.6 Å². The molecule has 0 spiro atoms. The van der Waals surface area contributed by atoms with Crippen molar-refractivity contribution in [1.29, 1.82) is 0 Å². The van der Waals surface area contributed by atoms with Gasteiger partial charge in [-0.05, 0) is 71.2 Å². The van der Waals surface area contributed by atoms with Gasteiger partial charge in [-0.1, -0.05) is 37.1 Å². The summed E-state index contributed by atoms with van der Waals surface area (Å²) in [6.07, 6.45) is 1.19. The number of alkyl halides is 3. The first-order valence-corrected chi connectivity index (χ1v) is 10.8. The van der Waals surface area contributed by atoms with Crippen molar-refractivity contribution in [1.82, 2.24) is 9.97 Å². The van der Waals surface area contributed by atoms with E-state index in [0.717, 1.165) is 15.5 Å². The molecular formula is C22H20F3IN4. The molecule has 2 N–H and O–H groups in total. The number of benzene rings is 2. The third kappa shape index (κ3) is 4.85. The summed E-state index contributed by atoms with van der Waals surface area (Å²) >= 11 is 2.06. The lowest BCUT2D eigenvalue weighted by Gasteiger charge is -2.16. The van der Waals surface area contributed by atoms with Crippen LogP contribution in [0.15, 0.2) is 54.7 Å². The minimum atomic E-state index is -4.57. The van der Waals surface area contributed by atoms with Crippen LogP contribution < -0.4 is 10.6 Å². The van der Waals surface area contributed by atoms with Crippen molar-refractivity contribution in [3.63, 3.8) is 0 Å². The zero-order chi connectivity index (χ0) is 21.1. The first-order chi connectivity index (χ1) is 14.4. The van der Waals surface area contributed by atoms with Crippen LogP contribution in [0, 0.1) is 3.57 Å². The fourth-order valence-electron chi connectivity index (χ4n) is 3.66. The molecule has 2 aromatic carbocycles. The minimum Gasteiger partial charge on any atom is -0.339 e. The molecule has 1 heterocycles. The van der Waals surface area contributed by atoms with Crippen LogP contribution in [-0.2, 0) is 6.18 Å². The summed E-state index contributed by atoms with van der Waals surface area (Å²) in [5, 5.41) is 5.81. The molecule has 0 unspecified atom stereocenters. The number of nitrogens with one attached hydrogen (secondary N) is 2. The monoisotopic (exact) mass is 524 g/mol. The highest BCUT2D eigenvalue weighted by atomic mass is 127.